The van der Waals surface area contributed by atoms with Crippen molar-refractivity contribution < 1.29 is 0 Å². The maximum absolute atomic E-state index is 2.54. The van der Waals surface area contributed by atoms with E-state index in [1.165, 1.54) is 83.4 Å². The van der Waals surface area contributed by atoms with Gasteiger partial charge in [-0.2, -0.15) is 0 Å². The van der Waals surface area contributed by atoms with Gasteiger partial charge < -0.3 is 9.80 Å². The molecule has 3 heteroatoms. The zero-order chi connectivity index (χ0) is 51.2. The first-order valence-electron chi connectivity index (χ1n) is 26.8. The van der Waals surface area contributed by atoms with Crippen molar-refractivity contribution in [3.8, 4) is 11.1 Å². The fraction of sp³-hybridized carbons (Fsp3) is 0.0270. The van der Waals surface area contributed by atoms with E-state index >= 15 is 0 Å². The van der Waals surface area contributed by atoms with Crippen LogP contribution in [0.1, 0.15) is 44.5 Å². The van der Waals surface area contributed by atoms with Gasteiger partial charge in [0.15, 0.2) is 0 Å². The lowest BCUT2D eigenvalue weighted by atomic mass is 9.33. The normalized spacial score (nSPS) is 12.6. The molecule has 0 atom stereocenters. The van der Waals surface area contributed by atoms with E-state index in [9.17, 15) is 0 Å². The summed E-state index contributed by atoms with van der Waals surface area (Å²) in [5, 5.41) is 0. The molecule has 0 aliphatic carbocycles. The van der Waals surface area contributed by atoms with Gasteiger partial charge in [-0.1, -0.05) is 273 Å². The zero-order valence-corrected chi connectivity index (χ0v) is 42.6. The van der Waals surface area contributed by atoms with E-state index < -0.39 is 10.8 Å². The molecular weight excluding hydrogens is 928 g/mol. The predicted octanol–water partition coefficient (Wildman–Crippen LogP) is 16.2. The van der Waals surface area contributed by atoms with Crippen LogP contribution in [0.2, 0.25) is 0 Å². The monoisotopic (exact) mass is 980 g/mol. The molecule has 12 aromatic carbocycles. The third-order valence-electron chi connectivity index (χ3n) is 16.3. The van der Waals surface area contributed by atoms with Crippen molar-refractivity contribution in [3.63, 3.8) is 0 Å². The van der Waals surface area contributed by atoms with Crippen LogP contribution in [0.4, 0.5) is 34.1 Å². The first-order chi connectivity index (χ1) is 38.2. The second kappa shape index (κ2) is 19.2. The van der Waals surface area contributed by atoms with E-state index in [0.717, 1.165) is 22.7 Å². The highest BCUT2D eigenvalue weighted by Gasteiger charge is 2.45. The smallest absolute Gasteiger partial charge is 0.252 e. The Balaban J connectivity index is 1.02. The lowest BCUT2D eigenvalue weighted by Gasteiger charge is -2.45. The molecule has 2 heterocycles. The summed E-state index contributed by atoms with van der Waals surface area (Å²) in [6.45, 7) is -0.0518. The van der Waals surface area contributed by atoms with Gasteiger partial charge in [0, 0.05) is 34.1 Å². The van der Waals surface area contributed by atoms with Crippen LogP contribution in [0, 0.1) is 0 Å². The maximum Gasteiger partial charge on any atom is 0.252 e. The molecule has 0 N–H and O–H groups in total. The van der Waals surface area contributed by atoms with Crippen LogP contribution in [-0.4, -0.2) is 6.71 Å². The van der Waals surface area contributed by atoms with E-state index in [2.05, 4.69) is 331 Å². The van der Waals surface area contributed by atoms with Crippen molar-refractivity contribution >= 4 is 57.2 Å². The first-order valence-corrected chi connectivity index (χ1v) is 26.8. The van der Waals surface area contributed by atoms with E-state index in [1.807, 2.05) is 0 Å². The summed E-state index contributed by atoms with van der Waals surface area (Å²) >= 11 is 0. The summed E-state index contributed by atoms with van der Waals surface area (Å²) in [6.07, 6.45) is 0. The molecule has 0 fully saturated rings. The highest BCUT2D eigenvalue weighted by Crippen LogP contribution is 2.51. The van der Waals surface area contributed by atoms with Gasteiger partial charge >= 0.3 is 0 Å². The fourth-order valence-corrected chi connectivity index (χ4v) is 13.1. The molecule has 2 aliphatic rings. The van der Waals surface area contributed by atoms with Crippen molar-refractivity contribution in [2.75, 3.05) is 9.80 Å². The highest BCUT2D eigenvalue weighted by molar-refractivity contribution is 7.00. The molecular formula is C74H53BN2. The van der Waals surface area contributed by atoms with Gasteiger partial charge in [0.1, 0.15) is 0 Å². The van der Waals surface area contributed by atoms with Gasteiger partial charge in [0.2, 0.25) is 0 Å². The molecule has 0 radical (unpaired) electrons. The molecule has 0 amide bonds. The minimum atomic E-state index is -0.622. The molecule has 2 nitrogen and oxygen atoms in total. The predicted molar refractivity (Wildman–Crippen MR) is 323 cm³/mol. The molecule has 12 aromatic rings. The Bertz CT molecular complexity index is 3830. The number of nitrogens with zero attached hydrogens (tertiary/aromatic N) is 2. The maximum atomic E-state index is 2.54. The van der Waals surface area contributed by atoms with E-state index in [0.29, 0.717) is 0 Å². The second-order valence-corrected chi connectivity index (χ2v) is 20.3. The summed E-state index contributed by atoms with van der Waals surface area (Å²) in [6, 6.07) is 119. The van der Waals surface area contributed by atoms with Crippen molar-refractivity contribution in [1.29, 1.82) is 0 Å². The number of hydrogen-bond acceptors (Lipinski definition) is 2. The van der Waals surface area contributed by atoms with Gasteiger partial charge in [0.25, 0.3) is 6.71 Å². The molecule has 0 unspecified atom stereocenters. The van der Waals surface area contributed by atoms with E-state index in [4.69, 9.17) is 0 Å². The van der Waals surface area contributed by atoms with Crippen molar-refractivity contribution in [2.45, 2.75) is 10.8 Å². The fourth-order valence-electron chi connectivity index (χ4n) is 13.1. The van der Waals surface area contributed by atoms with Crippen LogP contribution in [0.5, 0.6) is 0 Å². The van der Waals surface area contributed by atoms with Crippen LogP contribution < -0.4 is 26.2 Å². The minimum absolute atomic E-state index is 0.0518. The van der Waals surface area contributed by atoms with Gasteiger partial charge in [-0.05, 0) is 121 Å². The van der Waals surface area contributed by atoms with Crippen molar-refractivity contribution in [1.82, 2.24) is 0 Å². The number of benzene rings is 12. The molecule has 0 saturated heterocycles. The van der Waals surface area contributed by atoms with Gasteiger partial charge in [-0.25, -0.2) is 0 Å². The van der Waals surface area contributed by atoms with Crippen LogP contribution in [0.15, 0.2) is 322 Å². The number of rotatable bonds is 11. The van der Waals surface area contributed by atoms with E-state index in [-0.39, 0.29) is 6.71 Å². The third-order valence-corrected chi connectivity index (χ3v) is 16.3. The zero-order valence-electron chi connectivity index (χ0n) is 42.6. The van der Waals surface area contributed by atoms with Gasteiger partial charge in [-0.3, -0.25) is 0 Å². The molecule has 2 aliphatic heterocycles. The Morgan fingerprint density at radius 2 is 0.545 bits per heavy atom. The Hall–Kier alpha value is -9.70. The Labute approximate surface area is 452 Å². The lowest BCUT2D eigenvalue weighted by Crippen LogP contribution is -2.61. The van der Waals surface area contributed by atoms with Crippen molar-refractivity contribution in [2.24, 2.45) is 0 Å². The lowest BCUT2D eigenvalue weighted by molar-refractivity contribution is 0.745. The Morgan fingerprint density at radius 1 is 0.221 bits per heavy atom. The summed E-state index contributed by atoms with van der Waals surface area (Å²) in [7, 11) is 0. The summed E-state index contributed by atoms with van der Waals surface area (Å²) < 4.78 is 0. The second-order valence-electron chi connectivity index (χ2n) is 20.3. The topological polar surface area (TPSA) is 6.48 Å². The molecule has 362 valence electrons. The average Bonchev–Trinajstić information content (AvgIpc) is 3.67. The van der Waals surface area contributed by atoms with Crippen LogP contribution in [-0.2, 0) is 10.8 Å². The molecule has 0 spiro atoms. The molecule has 0 bridgehead atoms. The Kier molecular flexibility index (Phi) is 11.5. The summed E-state index contributed by atoms with van der Waals surface area (Å²) in [5.41, 5.74) is 21.5. The average molecular weight is 981 g/mol. The highest BCUT2D eigenvalue weighted by atomic mass is 15.2. The quantitative estimate of drug-likeness (QED) is 0.0941. The van der Waals surface area contributed by atoms with Crippen LogP contribution >= 0.6 is 0 Å². The van der Waals surface area contributed by atoms with Crippen LogP contribution in [0.25, 0.3) is 11.1 Å². The minimum Gasteiger partial charge on any atom is -0.311 e. The van der Waals surface area contributed by atoms with Gasteiger partial charge in [0.05, 0.1) is 10.8 Å². The number of para-hydroxylation sites is 1. The van der Waals surface area contributed by atoms with Crippen molar-refractivity contribution in [3.05, 3.63) is 366 Å². The SMILES string of the molecule is c1ccc(-c2ccc3c(c2)B2c4ccccc4N(c4cccc(C(c5ccccc5)(c5ccccc5)c5ccccc5)c4)c4cccc(c42)N3c2cccc(C(c3ccccc3)(c3ccccc3)c3ccccc3)c2)cc1. The number of fused-ring (bicyclic) bond motifs is 4. The van der Waals surface area contributed by atoms with E-state index in [1.54, 1.807) is 0 Å². The molecule has 0 saturated carbocycles. The molecule has 14 rings (SSSR count). The Morgan fingerprint density at radius 3 is 0.961 bits per heavy atom. The third kappa shape index (κ3) is 7.41. The first kappa shape index (κ1) is 45.9. The summed E-state index contributed by atoms with van der Waals surface area (Å²) in [5.74, 6) is 0. The summed E-state index contributed by atoms with van der Waals surface area (Å²) in [4.78, 5) is 5.08. The number of hydrogen-bond donors (Lipinski definition) is 0. The van der Waals surface area contributed by atoms with Gasteiger partial charge in [-0.15, -0.1) is 0 Å². The van der Waals surface area contributed by atoms with Crippen LogP contribution in [0.3, 0.4) is 0 Å². The standard InChI is InChI=1S/C74H53BN2/c1-8-27-54(28-9-1)55-49-50-69-67(51-55)75-66-45-22-23-46-68(66)76(64-43-24-41-62(52-64)73(56-29-10-2-11-30-56,57-31-12-3-13-32-57)58-33-14-4-15-34-58)70-47-26-48-71(72(70)75)77(69)65-44-25-42-63(53-65)74(59-35-16-5-17-36-59,60-37-18-6-19-38-60)61-39-20-7-21-40-61/h1-53H. The largest absolute Gasteiger partial charge is 0.311 e. The molecule has 77 heavy (non-hydrogen) atoms. The number of anilines is 6. The molecule has 0 aromatic heterocycles.